The Balaban J connectivity index is 1.72. The first-order valence-electron chi connectivity index (χ1n) is 14.7. The molecule has 0 saturated carbocycles. The summed E-state index contributed by atoms with van der Waals surface area (Å²) in [6.45, 7) is 14.9. The number of hydrogen-bond donors (Lipinski definition) is 3. The smallest absolute Gasteiger partial charge is 0.410 e. The van der Waals surface area contributed by atoms with Crippen molar-refractivity contribution in [3.63, 3.8) is 0 Å². The Labute approximate surface area is 244 Å². The monoisotopic (exact) mass is 571 g/mol. The maximum absolute atomic E-state index is 13.7. The van der Waals surface area contributed by atoms with Gasteiger partial charge in [0.05, 0.1) is 6.04 Å². The van der Waals surface area contributed by atoms with Crippen molar-refractivity contribution in [2.24, 2.45) is 0 Å². The van der Waals surface area contributed by atoms with Gasteiger partial charge in [-0.3, -0.25) is 19.3 Å². The summed E-state index contributed by atoms with van der Waals surface area (Å²) in [5.74, 6) is -1.01. The van der Waals surface area contributed by atoms with Gasteiger partial charge in [-0.15, -0.1) is 0 Å². The molecule has 10 nitrogen and oxygen atoms in total. The topological polar surface area (TPSA) is 120 Å². The van der Waals surface area contributed by atoms with Gasteiger partial charge in [-0.2, -0.15) is 0 Å². The number of amides is 4. The van der Waals surface area contributed by atoms with E-state index in [1.165, 1.54) is 17.5 Å². The molecule has 1 fully saturated rings. The molecular formula is C31H49N5O5. The van der Waals surface area contributed by atoms with Crippen LogP contribution in [0.3, 0.4) is 0 Å². The number of hydrogen-bond acceptors (Lipinski definition) is 6. The van der Waals surface area contributed by atoms with Crippen molar-refractivity contribution in [1.29, 1.82) is 0 Å². The van der Waals surface area contributed by atoms with E-state index in [1.807, 2.05) is 12.1 Å². The van der Waals surface area contributed by atoms with E-state index in [4.69, 9.17) is 4.74 Å². The quantitative estimate of drug-likeness (QED) is 0.462. The van der Waals surface area contributed by atoms with Gasteiger partial charge in [0.1, 0.15) is 23.7 Å². The Morgan fingerprint density at radius 2 is 1.71 bits per heavy atom. The van der Waals surface area contributed by atoms with Gasteiger partial charge in [0.2, 0.25) is 17.7 Å². The Hall–Kier alpha value is -3.14. The largest absolute Gasteiger partial charge is 0.444 e. The molecule has 0 bridgehead atoms. The lowest BCUT2D eigenvalue weighted by Crippen LogP contribution is -2.56. The van der Waals surface area contributed by atoms with Crippen molar-refractivity contribution >= 4 is 23.8 Å². The molecule has 3 N–H and O–H groups in total. The predicted octanol–water partition coefficient (Wildman–Crippen LogP) is 3.30. The first-order valence-corrected chi connectivity index (χ1v) is 14.7. The number of nitrogens with one attached hydrogen (secondary N) is 3. The van der Waals surface area contributed by atoms with Gasteiger partial charge in [-0.1, -0.05) is 24.3 Å². The summed E-state index contributed by atoms with van der Waals surface area (Å²) in [4.78, 5) is 55.6. The van der Waals surface area contributed by atoms with E-state index in [1.54, 1.807) is 39.5 Å². The maximum atomic E-state index is 13.7. The zero-order valence-electron chi connectivity index (χ0n) is 26.2. The third kappa shape index (κ3) is 8.67. The second-order valence-corrected chi connectivity index (χ2v) is 13.5. The molecule has 1 aliphatic carbocycles. The molecular weight excluding hydrogens is 522 g/mol. The number of ether oxygens (including phenoxy) is 1. The fourth-order valence-electron chi connectivity index (χ4n) is 5.53. The fraction of sp³-hybridized carbons (Fsp3) is 0.677. The minimum absolute atomic E-state index is 0.0755. The Bertz CT molecular complexity index is 1120. The summed E-state index contributed by atoms with van der Waals surface area (Å²) in [5.41, 5.74) is 1.48. The molecule has 228 valence electrons. The summed E-state index contributed by atoms with van der Waals surface area (Å²) in [7, 11) is 1.48. The van der Waals surface area contributed by atoms with Crippen molar-refractivity contribution in [3.8, 4) is 0 Å². The zero-order chi connectivity index (χ0) is 30.7. The lowest BCUT2D eigenvalue weighted by molar-refractivity contribution is -0.141. The molecule has 1 aromatic carbocycles. The number of carbonyl (C=O) groups excluding carboxylic acids is 4. The van der Waals surface area contributed by atoms with Gasteiger partial charge in [0.25, 0.3) is 0 Å². The average molecular weight is 572 g/mol. The number of likely N-dealkylation sites (N-methyl/N-ethyl adjacent to an activating group) is 1. The molecule has 0 spiro atoms. The van der Waals surface area contributed by atoms with E-state index in [0.717, 1.165) is 24.8 Å². The molecule has 4 amide bonds. The number of nitrogens with zero attached hydrogens (tertiary/aromatic N) is 2. The van der Waals surface area contributed by atoms with Gasteiger partial charge in [-0.25, -0.2) is 4.79 Å². The maximum Gasteiger partial charge on any atom is 0.410 e. The minimum atomic E-state index is -0.893. The average Bonchev–Trinajstić information content (AvgIpc) is 3.28. The van der Waals surface area contributed by atoms with Crippen LogP contribution in [0.4, 0.5) is 4.79 Å². The number of benzene rings is 1. The summed E-state index contributed by atoms with van der Waals surface area (Å²) in [6.07, 6.45) is 2.68. The fourth-order valence-corrected chi connectivity index (χ4v) is 5.53. The van der Waals surface area contributed by atoms with Crippen LogP contribution in [0, 0.1) is 0 Å². The van der Waals surface area contributed by atoms with Crippen LogP contribution in [0.25, 0.3) is 0 Å². The predicted molar refractivity (Wildman–Crippen MR) is 158 cm³/mol. The minimum Gasteiger partial charge on any atom is -0.444 e. The number of rotatable bonds is 7. The number of aryl methyl sites for hydroxylation is 1. The van der Waals surface area contributed by atoms with E-state index < -0.39 is 35.7 Å². The Morgan fingerprint density at radius 1 is 1.05 bits per heavy atom. The normalized spacial score (nSPS) is 22.3. The van der Waals surface area contributed by atoms with Crippen LogP contribution in [0.15, 0.2) is 24.3 Å². The zero-order valence-corrected chi connectivity index (χ0v) is 26.2. The number of carbonyl (C=O) groups is 4. The van der Waals surface area contributed by atoms with Crippen molar-refractivity contribution < 1.29 is 23.9 Å². The Kier molecular flexibility index (Phi) is 10.1. The second kappa shape index (κ2) is 12.8. The highest BCUT2D eigenvalue weighted by Crippen LogP contribution is 2.30. The van der Waals surface area contributed by atoms with E-state index in [0.29, 0.717) is 13.0 Å². The molecule has 0 unspecified atom stereocenters. The standard InChI is InChI=1S/C31H49N5O5/c1-19(32-26(37)20(2)35(9)29(40)41-31(6,7)8)28(39)36-18-22(34-30(3,4)5)17-25(36)27(38)33-24-16-12-14-21-13-10-11-15-23(21)24/h10-11,13,15,19-20,22,24-25,34H,12,14,16-18H2,1-9H3,(H,32,37)(H,33,38)/t19-,20-,22-,24+,25-/m1/s1. The molecule has 1 saturated heterocycles. The summed E-state index contributed by atoms with van der Waals surface area (Å²) < 4.78 is 5.36. The van der Waals surface area contributed by atoms with Gasteiger partial charge in [0.15, 0.2) is 0 Å². The van der Waals surface area contributed by atoms with Crippen LogP contribution >= 0.6 is 0 Å². The Morgan fingerprint density at radius 3 is 2.34 bits per heavy atom. The van der Waals surface area contributed by atoms with Crippen molar-refractivity contribution in [2.75, 3.05) is 13.6 Å². The summed E-state index contributed by atoms with van der Waals surface area (Å²) >= 11 is 0. The molecule has 0 aromatic heterocycles. The van der Waals surface area contributed by atoms with E-state index in [-0.39, 0.29) is 29.4 Å². The van der Waals surface area contributed by atoms with Crippen molar-refractivity contribution in [3.05, 3.63) is 35.4 Å². The molecule has 41 heavy (non-hydrogen) atoms. The van der Waals surface area contributed by atoms with Crippen LogP contribution in [0.2, 0.25) is 0 Å². The van der Waals surface area contributed by atoms with Gasteiger partial charge < -0.3 is 25.6 Å². The van der Waals surface area contributed by atoms with Gasteiger partial charge in [0, 0.05) is 25.2 Å². The molecule has 2 aliphatic rings. The molecule has 1 aromatic rings. The SMILES string of the molecule is C[C@H](C(=O)N[C@H](C)C(=O)N1C[C@H](NC(C)(C)C)C[C@@H]1C(=O)N[C@H]1CCCc2ccccc21)N(C)C(=O)OC(C)(C)C. The van der Waals surface area contributed by atoms with Crippen LogP contribution in [-0.4, -0.2) is 82.5 Å². The molecule has 3 rings (SSSR count). The van der Waals surface area contributed by atoms with Crippen molar-refractivity contribution in [1.82, 2.24) is 25.8 Å². The third-order valence-electron chi connectivity index (χ3n) is 7.58. The third-order valence-corrected chi connectivity index (χ3v) is 7.58. The van der Waals surface area contributed by atoms with Crippen LogP contribution in [0.5, 0.6) is 0 Å². The van der Waals surface area contributed by atoms with Gasteiger partial charge >= 0.3 is 6.09 Å². The molecule has 10 heteroatoms. The molecule has 0 radical (unpaired) electrons. The lowest BCUT2D eigenvalue weighted by Gasteiger charge is -2.32. The van der Waals surface area contributed by atoms with Crippen LogP contribution in [0.1, 0.15) is 91.8 Å². The van der Waals surface area contributed by atoms with E-state index in [9.17, 15) is 19.2 Å². The number of fused-ring (bicyclic) bond motifs is 1. The van der Waals surface area contributed by atoms with Crippen LogP contribution < -0.4 is 16.0 Å². The second-order valence-electron chi connectivity index (χ2n) is 13.5. The summed E-state index contributed by atoms with van der Waals surface area (Å²) in [5, 5.41) is 9.49. The summed E-state index contributed by atoms with van der Waals surface area (Å²) in [6, 6.07) is 5.58. The van der Waals surface area contributed by atoms with E-state index >= 15 is 0 Å². The van der Waals surface area contributed by atoms with E-state index in [2.05, 4.69) is 48.9 Å². The highest BCUT2D eigenvalue weighted by Gasteiger charge is 2.43. The molecule has 1 heterocycles. The first kappa shape index (κ1) is 32.4. The highest BCUT2D eigenvalue weighted by molar-refractivity contribution is 5.94. The first-order chi connectivity index (χ1) is 19.0. The lowest BCUT2D eigenvalue weighted by atomic mass is 9.87. The van der Waals surface area contributed by atoms with Crippen molar-refractivity contribution in [2.45, 2.75) is 122 Å². The highest BCUT2D eigenvalue weighted by atomic mass is 16.6. The van der Waals surface area contributed by atoms with Crippen LogP contribution in [-0.2, 0) is 25.5 Å². The number of likely N-dealkylation sites (tertiary alicyclic amines) is 1. The molecule has 5 atom stereocenters. The van der Waals surface area contributed by atoms with Gasteiger partial charge in [-0.05, 0) is 92.2 Å². The molecule has 1 aliphatic heterocycles.